The van der Waals surface area contributed by atoms with Crippen molar-refractivity contribution in [2.75, 3.05) is 20.7 Å². The molecule has 0 aliphatic heterocycles. The minimum Gasteiger partial charge on any atom is -0.469 e. The fourth-order valence-electron chi connectivity index (χ4n) is 2.58. The van der Waals surface area contributed by atoms with Gasteiger partial charge in [0.05, 0.1) is 7.11 Å². The Balaban J connectivity index is 2.20. The van der Waals surface area contributed by atoms with Gasteiger partial charge in [-0.05, 0) is 51.1 Å². The molecule has 0 amide bonds. The number of nitrogens with zero attached hydrogens (tertiary/aromatic N) is 1. The van der Waals surface area contributed by atoms with E-state index in [-0.39, 0.29) is 5.97 Å². The predicted octanol–water partition coefficient (Wildman–Crippen LogP) is 2.84. The summed E-state index contributed by atoms with van der Waals surface area (Å²) in [5.74, 6) is -0.0943. The molecule has 3 nitrogen and oxygen atoms in total. The van der Waals surface area contributed by atoms with Crippen LogP contribution in [0.15, 0.2) is 0 Å². The molecule has 0 radical (unpaired) electrons. The van der Waals surface area contributed by atoms with Crippen LogP contribution in [0.25, 0.3) is 0 Å². The van der Waals surface area contributed by atoms with Gasteiger partial charge >= 0.3 is 5.97 Å². The fraction of sp³-hybridized carbons (Fsp3) is 0.929. The molecule has 1 rings (SSSR count). The Morgan fingerprint density at radius 2 is 1.94 bits per heavy atom. The highest BCUT2D eigenvalue weighted by atomic mass is 16.5. The summed E-state index contributed by atoms with van der Waals surface area (Å²) in [5, 5.41) is 0. The van der Waals surface area contributed by atoms with Gasteiger partial charge < -0.3 is 9.64 Å². The van der Waals surface area contributed by atoms with Crippen LogP contribution in [0, 0.1) is 5.41 Å². The highest BCUT2D eigenvalue weighted by Crippen LogP contribution is 2.36. The minimum atomic E-state index is -0.0943. The molecule has 0 N–H and O–H groups in total. The topological polar surface area (TPSA) is 29.5 Å². The van der Waals surface area contributed by atoms with Crippen LogP contribution in [-0.4, -0.2) is 37.6 Å². The zero-order valence-electron chi connectivity index (χ0n) is 11.8. The first-order valence-electron chi connectivity index (χ1n) is 6.72. The van der Waals surface area contributed by atoms with Crippen molar-refractivity contribution < 1.29 is 9.53 Å². The molecule has 0 saturated heterocycles. The standard InChI is InChI=1S/C14H27NO2/c1-14(2)9-7-12(8-10-14)15(3)11-5-6-13(16)17-4/h12H,5-11H2,1-4H3. The van der Waals surface area contributed by atoms with Crippen LogP contribution >= 0.6 is 0 Å². The van der Waals surface area contributed by atoms with Gasteiger partial charge in [-0.15, -0.1) is 0 Å². The molecule has 0 aromatic rings. The van der Waals surface area contributed by atoms with Crippen molar-refractivity contribution in [3.63, 3.8) is 0 Å². The molecule has 1 aliphatic rings. The summed E-state index contributed by atoms with van der Waals surface area (Å²) in [6.45, 7) is 5.72. The van der Waals surface area contributed by atoms with Gasteiger partial charge in [0.1, 0.15) is 0 Å². The van der Waals surface area contributed by atoms with Crippen LogP contribution in [-0.2, 0) is 9.53 Å². The second kappa shape index (κ2) is 6.39. The van der Waals surface area contributed by atoms with Gasteiger partial charge in [0.2, 0.25) is 0 Å². The first-order chi connectivity index (χ1) is 7.94. The zero-order chi connectivity index (χ0) is 12.9. The van der Waals surface area contributed by atoms with Gasteiger partial charge in [-0.3, -0.25) is 4.79 Å². The highest BCUT2D eigenvalue weighted by molar-refractivity contribution is 5.69. The van der Waals surface area contributed by atoms with Crippen molar-refractivity contribution in [1.82, 2.24) is 4.90 Å². The average molecular weight is 241 g/mol. The normalized spacial score (nSPS) is 20.5. The average Bonchev–Trinajstić information content (AvgIpc) is 2.28. The number of hydrogen-bond donors (Lipinski definition) is 0. The van der Waals surface area contributed by atoms with E-state index in [2.05, 4.69) is 30.5 Å². The Morgan fingerprint density at radius 3 is 2.47 bits per heavy atom. The lowest BCUT2D eigenvalue weighted by atomic mass is 9.75. The first kappa shape index (κ1) is 14.5. The second-order valence-corrected chi connectivity index (χ2v) is 6.06. The zero-order valence-corrected chi connectivity index (χ0v) is 11.8. The molecule has 0 aromatic carbocycles. The molecule has 0 atom stereocenters. The molecule has 1 fully saturated rings. The molecular formula is C14H27NO2. The number of hydrogen-bond acceptors (Lipinski definition) is 3. The van der Waals surface area contributed by atoms with Crippen molar-refractivity contribution in [3.05, 3.63) is 0 Å². The lowest BCUT2D eigenvalue weighted by Gasteiger charge is -2.38. The molecule has 0 bridgehead atoms. The third-order valence-electron chi connectivity index (χ3n) is 4.05. The van der Waals surface area contributed by atoms with Crippen LogP contribution in [0.3, 0.4) is 0 Å². The number of methoxy groups -OCH3 is 1. The van der Waals surface area contributed by atoms with E-state index in [0.717, 1.165) is 13.0 Å². The molecule has 3 heteroatoms. The summed E-state index contributed by atoms with van der Waals surface area (Å²) >= 11 is 0. The quantitative estimate of drug-likeness (QED) is 0.693. The van der Waals surface area contributed by atoms with Crippen LogP contribution in [0.5, 0.6) is 0 Å². The maximum atomic E-state index is 11.0. The Bertz CT molecular complexity index is 241. The van der Waals surface area contributed by atoms with Gasteiger partial charge in [0.15, 0.2) is 0 Å². The molecule has 1 saturated carbocycles. The van der Waals surface area contributed by atoms with E-state index in [9.17, 15) is 4.79 Å². The largest absolute Gasteiger partial charge is 0.469 e. The van der Waals surface area contributed by atoms with Crippen LogP contribution in [0.1, 0.15) is 52.4 Å². The molecule has 0 unspecified atom stereocenters. The third kappa shape index (κ3) is 5.07. The smallest absolute Gasteiger partial charge is 0.305 e. The van der Waals surface area contributed by atoms with Gasteiger partial charge in [0, 0.05) is 12.5 Å². The minimum absolute atomic E-state index is 0.0943. The summed E-state index contributed by atoms with van der Waals surface area (Å²) in [4.78, 5) is 13.4. The molecule has 0 aromatic heterocycles. The number of rotatable bonds is 5. The summed E-state index contributed by atoms with van der Waals surface area (Å²) in [5.41, 5.74) is 0.531. The van der Waals surface area contributed by atoms with E-state index < -0.39 is 0 Å². The summed E-state index contributed by atoms with van der Waals surface area (Å²) in [6, 6.07) is 0.709. The Kier molecular flexibility index (Phi) is 5.44. The molecule has 1 aliphatic carbocycles. The van der Waals surface area contributed by atoms with Crippen LogP contribution in [0.2, 0.25) is 0 Å². The molecule has 0 heterocycles. The van der Waals surface area contributed by atoms with E-state index in [0.29, 0.717) is 17.9 Å². The molecular weight excluding hydrogens is 214 g/mol. The van der Waals surface area contributed by atoms with Crippen LogP contribution < -0.4 is 0 Å². The third-order valence-corrected chi connectivity index (χ3v) is 4.05. The Hall–Kier alpha value is -0.570. The molecule has 0 spiro atoms. The number of ether oxygens (including phenoxy) is 1. The van der Waals surface area contributed by atoms with E-state index in [4.69, 9.17) is 0 Å². The Labute approximate surface area is 106 Å². The van der Waals surface area contributed by atoms with Crippen molar-refractivity contribution >= 4 is 5.97 Å². The summed E-state index contributed by atoms with van der Waals surface area (Å²) < 4.78 is 4.65. The van der Waals surface area contributed by atoms with Crippen molar-refractivity contribution in [2.45, 2.75) is 58.4 Å². The van der Waals surface area contributed by atoms with E-state index in [1.807, 2.05) is 0 Å². The predicted molar refractivity (Wildman–Crippen MR) is 69.9 cm³/mol. The monoisotopic (exact) mass is 241 g/mol. The van der Waals surface area contributed by atoms with Gasteiger partial charge in [-0.1, -0.05) is 13.8 Å². The SMILES string of the molecule is COC(=O)CCCN(C)C1CCC(C)(C)CC1. The van der Waals surface area contributed by atoms with Crippen molar-refractivity contribution in [2.24, 2.45) is 5.41 Å². The van der Waals surface area contributed by atoms with E-state index in [1.165, 1.54) is 32.8 Å². The van der Waals surface area contributed by atoms with E-state index >= 15 is 0 Å². The van der Waals surface area contributed by atoms with Gasteiger partial charge in [-0.25, -0.2) is 0 Å². The van der Waals surface area contributed by atoms with Gasteiger partial charge in [-0.2, -0.15) is 0 Å². The van der Waals surface area contributed by atoms with Crippen molar-refractivity contribution in [1.29, 1.82) is 0 Å². The van der Waals surface area contributed by atoms with E-state index in [1.54, 1.807) is 0 Å². The first-order valence-corrected chi connectivity index (χ1v) is 6.72. The number of carbonyl (C=O) groups excluding carboxylic acids is 1. The maximum absolute atomic E-state index is 11.0. The molecule has 100 valence electrons. The van der Waals surface area contributed by atoms with Crippen LogP contribution in [0.4, 0.5) is 0 Å². The van der Waals surface area contributed by atoms with Gasteiger partial charge in [0.25, 0.3) is 0 Å². The number of carbonyl (C=O) groups is 1. The molecule has 17 heavy (non-hydrogen) atoms. The van der Waals surface area contributed by atoms with Crippen molar-refractivity contribution in [3.8, 4) is 0 Å². The highest BCUT2D eigenvalue weighted by Gasteiger charge is 2.28. The maximum Gasteiger partial charge on any atom is 0.305 e. The lowest BCUT2D eigenvalue weighted by molar-refractivity contribution is -0.140. The summed E-state index contributed by atoms with van der Waals surface area (Å²) in [6.07, 6.45) is 6.67. The Morgan fingerprint density at radius 1 is 1.35 bits per heavy atom. The second-order valence-electron chi connectivity index (χ2n) is 6.06. The fourth-order valence-corrected chi connectivity index (χ4v) is 2.58. The summed E-state index contributed by atoms with van der Waals surface area (Å²) in [7, 11) is 3.63. The lowest BCUT2D eigenvalue weighted by Crippen LogP contribution is -2.37. The number of esters is 1.